The Morgan fingerprint density at radius 3 is 2.67 bits per heavy atom. The maximum absolute atomic E-state index is 12.3. The maximum atomic E-state index is 12.3. The van der Waals surface area contributed by atoms with Crippen molar-refractivity contribution >= 4 is 10.0 Å². The Kier molecular flexibility index (Phi) is 5.24. The Morgan fingerprint density at radius 1 is 1.38 bits per heavy atom. The highest BCUT2D eigenvalue weighted by Gasteiger charge is 2.30. The number of nitrogens with two attached hydrogens (primary N) is 1. The highest BCUT2D eigenvalue weighted by Crippen LogP contribution is 2.29. The second-order valence-electron chi connectivity index (χ2n) is 5.72. The van der Waals surface area contributed by atoms with E-state index in [0.717, 1.165) is 19.3 Å². The van der Waals surface area contributed by atoms with E-state index < -0.39 is 10.0 Å². The highest BCUT2D eigenvalue weighted by molar-refractivity contribution is 7.89. The summed E-state index contributed by atoms with van der Waals surface area (Å²) in [5.74, 6) is 1.26. The van der Waals surface area contributed by atoms with E-state index in [0.29, 0.717) is 23.8 Å². The molecule has 1 fully saturated rings. The van der Waals surface area contributed by atoms with Gasteiger partial charge in [-0.05, 0) is 43.4 Å². The number of benzene rings is 1. The van der Waals surface area contributed by atoms with Gasteiger partial charge in [-0.1, -0.05) is 13.8 Å². The fourth-order valence-corrected chi connectivity index (χ4v) is 3.83. The minimum Gasteiger partial charge on any atom is -0.493 e. The molecule has 6 heteroatoms. The maximum Gasteiger partial charge on any atom is 0.240 e. The lowest BCUT2D eigenvalue weighted by molar-refractivity contribution is 0.270. The number of rotatable bonds is 7. The zero-order chi connectivity index (χ0) is 15.5. The Balaban J connectivity index is 2.15. The van der Waals surface area contributed by atoms with Gasteiger partial charge in [0.1, 0.15) is 5.75 Å². The smallest absolute Gasteiger partial charge is 0.240 e. The molecule has 0 heterocycles. The molecule has 0 spiro atoms. The van der Waals surface area contributed by atoms with Gasteiger partial charge in [0, 0.05) is 18.2 Å². The van der Waals surface area contributed by atoms with Gasteiger partial charge in [0.25, 0.3) is 0 Å². The third-order valence-corrected chi connectivity index (χ3v) is 5.24. The van der Waals surface area contributed by atoms with Crippen molar-refractivity contribution in [1.29, 1.82) is 0 Å². The zero-order valence-corrected chi connectivity index (χ0v) is 13.4. The Hall–Kier alpha value is -1.11. The first-order chi connectivity index (χ1) is 9.96. The summed E-state index contributed by atoms with van der Waals surface area (Å²) in [6, 6.07) is 4.93. The van der Waals surface area contributed by atoms with Crippen LogP contribution in [0.4, 0.5) is 0 Å². The van der Waals surface area contributed by atoms with Crippen molar-refractivity contribution in [1.82, 2.24) is 4.72 Å². The van der Waals surface area contributed by atoms with Gasteiger partial charge in [0.05, 0.1) is 11.5 Å². The molecular weight excluding hydrogens is 288 g/mol. The van der Waals surface area contributed by atoms with E-state index in [4.69, 9.17) is 10.5 Å². The number of hydrogen-bond acceptors (Lipinski definition) is 4. The van der Waals surface area contributed by atoms with Crippen molar-refractivity contribution < 1.29 is 13.2 Å². The third kappa shape index (κ3) is 3.96. The lowest BCUT2D eigenvalue weighted by atomic mass is 9.83. The van der Waals surface area contributed by atoms with Crippen LogP contribution in [-0.2, 0) is 16.6 Å². The summed E-state index contributed by atoms with van der Waals surface area (Å²) in [5, 5.41) is 0. The topological polar surface area (TPSA) is 81.4 Å². The van der Waals surface area contributed by atoms with E-state index in [1.54, 1.807) is 18.2 Å². The second kappa shape index (κ2) is 6.77. The highest BCUT2D eigenvalue weighted by atomic mass is 32.2. The lowest BCUT2D eigenvalue weighted by Gasteiger charge is -2.32. The van der Waals surface area contributed by atoms with Crippen molar-refractivity contribution in [3.05, 3.63) is 23.8 Å². The van der Waals surface area contributed by atoms with Gasteiger partial charge < -0.3 is 10.5 Å². The molecule has 118 valence electrons. The largest absolute Gasteiger partial charge is 0.493 e. The van der Waals surface area contributed by atoms with Crippen LogP contribution in [0.5, 0.6) is 5.75 Å². The number of sulfonamides is 1. The molecule has 0 aromatic heterocycles. The van der Waals surface area contributed by atoms with E-state index in [1.807, 2.05) is 6.92 Å². The SMILES string of the molecule is CCCOc1ccc(S(=O)(=O)NC2CC(C)C2)cc1CN. The predicted octanol–water partition coefficient (Wildman–Crippen LogP) is 2.01. The van der Waals surface area contributed by atoms with Crippen molar-refractivity contribution in [3.63, 3.8) is 0 Å². The molecule has 1 aliphatic rings. The molecule has 1 aromatic carbocycles. The average molecular weight is 312 g/mol. The van der Waals surface area contributed by atoms with Crippen molar-refractivity contribution in [2.45, 2.75) is 50.6 Å². The number of nitrogens with one attached hydrogen (secondary N) is 1. The van der Waals surface area contributed by atoms with Crippen LogP contribution in [0.1, 0.15) is 38.7 Å². The van der Waals surface area contributed by atoms with Crippen molar-refractivity contribution in [3.8, 4) is 5.75 Å². The Labute approximate surface area is 126 Å². The van der Waals surface area contributed by atoms with Crippen LogP contribution in [-0.4, -0.2) is 21.1 Å². The van der Waals surface area contributed by atoms with Gasteiger partial charge in [-0.3, -0.25) is 0 Å². The van der Waals surface area contributed by atoms with Crippen LogP contribution < -0.4 is 15.2 Å². The second-order valence-corrected chi connectivity index (χ2v) is 7.43. The van der Waals surface area contributed by atoms with Crippen LogP contribution in [0.25, 0.3) is 0 Å². The normalized spacial score (nSPS) is 21.9. The standard InChI is InChI=1S/C15H24N2O3S/c1-3-6-20-15-5-4-14(9-12(15)10-16)21(18,19)17-13-7-11(2)8-13/h4-5,9,11,13,17H,3,6-8,10,16H2,1-2H3. The Morgan fingerprint density at radius 2 is 2.10 bits per heavy atom. The molecule has 0 bridgehead atoms. The van der Waals surface area contributed by atoms with Crippen LogP contribution in [0.3, 0.4) is 0 Å². The van der Waals surface area contributed by atoms with Crippen LogP contribution in [0.15, 0.2) is 23.1 Å². The minimum atomic E-state index is -3.47. The summed E-state index contributed by atoms with van der Waals surface area (Å²) in [4.78, 5) is 0.256. The van der Waals surface area contributed by atoms with Gasteiger partial charge in [-0.25, -0.2) is 13.1 Å². The molecule has 1 saturated carbocycles. The van der Waals surface area contributed by atoms with Crippen molar-refractivity contribution in [2.75, 3.05) is 6.61 Å². The molecule has 21 heavy (non-hydrogen) atoms. The van der Waals surface area contributed by atoms with E-state index in [-0.39, 0.29) is 17.5 Å². The molecule has 0 aliphatic heterocycles. The zero-order valence-electron chi connectivity index (χ0n) is 12.6. The van der Waals surface area contributed by atoms with E-state index in [1.165, 1.54) is 0 Å². The van der Waals surface area contributed by atoms with Gasteiger partial charge in [0.2, 0.25) is 10.0 Å². The molecule has 5 nitrogen and oxygen atoms in total. The summed E-state index contributed by atoms with van der Waals surface area (Å²) in [6.07, 6.45) is 2.70. The number of ether oxygens (including phenoxy) is 1. The molecule has 2 rings (SSSR count). The summed E-state index contributed by atoms with van der Waals surface area (Å²) >= 11 is 0. The fourth-order valence-electron chi connectivity index (χ4n) is 2.52. The molecule has 0 unspecified atom stereocenters. The molecule has 0 saturated heterocycles. The van der Waals surface area contributed by atoms with Gasteiger partial charge in [-0.2, -0.15) is 0 Å². The third-order valence-electron chi connectivity index (χ3n) is 3.72. The van der Waals surface area contributed by atoms with Gasteiger partial charge >= 0.3 is 0 Å². The minimum absolute atomic E-state index is 0.0577. The molecular formula is C15H24N2O3S. The quantitative estimate of drug-likeness (QED) is 0.807. The first-order valence-corrected chi connectivity index (χ1v) is 8.92. The lowest BCUT2D eigenvalue weighted by Crippen LogP contribution is -2.43. The molecule has 3 N–H and O–H groups in total. The summed E-state index contributed by atoms with van der Waals surface area (Å²) < 4.78 is 33.0. The Bertz CT molecular complexity index is 581. The van der Waals surface area contributed by atoms with E-state index in [2.05, 4.69) is 11.6 Å². The number of hydrogen-bond donors (Lipinski definition) is 2. The average Bonchev–Trinajstić information content (AvgIpc) is 2.43. The summed E-state index contributed by atoms with van der Waals surface area (Å²) in [7, 11) is -3.47. The molecule has 0 atom stereocenters. The monoisotopic (exact) mass is 312 g/mol. The molecule has 1 aliphatic carbocycles. The van der Waals surface area contributed by atoms with Crippen LogP contribution >= 0.6 is 0 Å². The summed E-state index contributed by atoms with van der Waals surface area (Å²) in [5.41, 5.74) is 6.41. The summed E-state index contributed by atoms with van der Waals surface area (Å²) in [6.45, 7) is 4.99. The van der Waals surface area contributed by atoms with Gasteiger partial charge in [0.15, 0.2) is 0 Å². The molecule has 0 radical (unpaired) electrons. The fraction of sp³-hybridized carbons (Fsp3) is 0.600. The van der Waals surface area contributed by atoms with E-state index in [9.17, 15) is 8.42 Å². The van der Waals surface area contributed by atoms with Crippen LogP contribution in [0, 0.1) is 5.92 Å². The first kappa shape index (κ1) is 16.3. The van der Waals surface area contributed by atoms with Crippen LogP contribution in [0.2, 0.25) is 0 Å². The molecule has 1 aromatic rings. The first-order valence-electron chi connectivity index (χ1n) is 7.44. The van der Waals surface area contributed by atoms with E-state index >= 15 is 0 Å². The molecule has 0 amide bonds. The predicted molar refractivity (Wildman–Crippen MR) is 82.6 cm³/mol. The van der Waals surface area contributed by atoms with Crippen molar-refractivity contribution in [2.24, 2.45) is 11.7 Å². The van der Waals surface area contributed by atoms with Gasteiger partial charge in [-0.15, -0.1) is 0 Å².